The number of nitrogens with zero attached hydrogens (tertiary/aromatic N) is 1. The van der Waals surface area contributed by atoms with Crippen LogP contribution in [-0.4, -0.2) is 23.9 Å². The van der Waals surface area contributed by atoms with Gasteiger partial charge in [0, 0.05) is 5.69 Å². The van der Waals surface area contributed by atoms with Crippen molar-refractivity contribution < 1.29 is 14.6 Å². The van der Waals surface area contributed by atoms with Crippen molar-refractivity contribution >= 4 is 35.2 Å². The lowest BCUT2D eigenvalue weighted by Gasteiger charge is -2.07. The summed E-state index contributed by atoms with van der Waals surface area (Å²) >= 11 is 5.15. The van der Waals surface area contributed by atoms with Crippen LogP contribution in [0.3, 0.4) is 0 Å². The quantitative estimate of drug-likeness (QED) is 0.469. The third kappa shape index (κ3) is 6.05. The number of carbonyl (C=O) groups is 1. The molecule has 6 nitrogen and oxygen atoms in total. The largest absolute Gasteiger partial charge is 0.546 e. The topological polar surface area (TPSA) is 85.8 Å². The molecule has 0 amide bonds. The van der Waals surface area contributed by atoms with Crippen molar-refractivity contribution in [3.05, 3.63) is 59.7 Å². The van der Waals surface area contributed by atoms with E-state index in [9.17, 15) is 9.90 Å². The molecule has 0 spiro atoms. The predicted octanol–water partition coefficient (Wildman–Crippen LogP) is 1.44. The maximum absolute atomic E-state index is 10.3. The first-order chi connectivity index (χ1) is 11.5. The van der Waals surface area contributed by atoms with Crippen LogP contribution in [0.5, 0.6) is 5.75 Å². The molecule has 2 aromatic rings. The number of aliphatic carboxylic acids is 1. The summed E-state index contributed by atoms with van der Waals surface area (Å²) in [5, 5.41) is 17.7. The second-order valence-corrected chi connectivity index (χ2v) is 5.33. The first kappa shape index (κ1) is 17.4. The van der Waals surface area contributed by atoms with Gasteiger partial charge in [0.15, 0.2) is 5.11 Å². The van der Waals surface area contributed by atoms with Crippen LogP contribution >= 0.6 is 12.2 Å². The Labute approximate surface area is 145 Å². The fourth-order valence-electron chi connectivity index (χ4n) is 1.75. The van der Waals surface area contributed by atoms with E-state index in [1.165, 1.54) is 5.56 Å². The molecule has 0 saturated carbocycles. The summed E-state index contributed by atoms with van der Waals surface area (Å²) < 4.78 is 4.99. The van der Waals surface area contributed by atoms with E-state index in [2.05, 4.69) is 15.8 Å². The molecule has 0 bridgehead atoms. The Hall–Kier alpha value is -2.93. The molecule has 0 heterocycles. The highest BCUT2D eigenvalue weighted by molar-refractivity contribution is 7.80. The number of hydrazone groups is 1. The lowest BCUT2D eigenvalue weighted by Crippen LogP contribution is -2.28. The monoisotopic (exact) mass is 342 g/mol. The summed E-state index contributed by atoms with van der Waals surface area (Å²) in [4.78, 5) is 10.3. The van der Waals surface area contributed by atoms with Crippen molar-refractivity contribution in [2.45, 2.75) is 6.92 Å². The van der Waals surface area contributed by atoms with Crippen molar-refractivity contribution in [3.63, 3.8) is 0 Å². The van der Waals surface area contributed by atoms with Gasteiger partial charge in [-0.05, 0) is 61.1 Å². The fraction of sp³-hybridized carbons (Fsp3) is 0.118. The molecular formula is C17H16N3O3S-. The maximum atomic E-state index is 10.3. The molecule has 2 N–H and O–H groups in total. The van der Waals surface area contributed by atoms with Gasteiger partial charge in [-0.15, -0.1) is 0 Å². The van der Waals surface area contributed by atoms with Gasteiger partial charge in [0.2, 0.25) is 0 Å². The van der Waals surface area contributed by atoms with E-state index >= 15 is 0 Å². The number of carboxylic acids is 1. The minimum absolute atomic E-state index is 0.379. The number of benzene rings is 2. The van der Waals surface area contributed by atoms with Crippen LogP contribution in [0, 0.1) is 6.92 Å². The fourth-order valence-corrected chi connectivity index (χ4v) is 1.92. The van der Waals surface area contributed by atoms with Crippen molar-refractivity contribution in [2.75, 3.05) is 11.9 Å². The zero-order valence-corrected chi connectivity index (χ0v) is 13.8. The predicted molar refractivity (Wildman–Crippen MR) is 95.1 cm³/mol. The summed E-state index contributed by atoms with van der Waals surface area (Å²) in [6.45, 7) is 1.54. The molecule has 24 heavy (non-hydrogen) atoms. The van der Waals surface area contributed by atoms with Crippen LogP contribution < -0.4 is 20.6 Å². The van der Waals surface area contributed by atoms with Gasteiger partial charge in [0.05, 0.1) is 12.2 Å². The van der Waals surface area contributed by atoms with Gasteiger partial charge in [-0.2, -0.15) is 5.10 Å². The van der Waals surface area contributed by atoms with E-state index in [1.54, 1.807) is 30.5 Å². The number of rotatable bonds is 6. The first-order valence-electron chi connectivity index (χ1n) is 7.12. The van der Waals surface area contributed by atoms with Crippen LogP contribution in [0.4, 0.5) is 5.69 Å². The SMILES string of the molecule is Cc1ccc(NC(=S)N/N=C\c2ccc(OCC(=O)[O-])cc2)cc1. The summed E-state index contributed by atoms with van der Waals surface area (Å²) in [5.41, 5.74) is 5.58. The van der Waals surface area contributed by atoms with Gasteiger partial charge >= 0.3 is 0 Å². The number of nitrogens with one attached hydrogen (secondary N) is 2. The molecule has 0 saturated heterocycles. The lowest BCUT2D eigenvalue weighted by atomic mass is 10.2. The minimum atomic E-state index is -1.26. The summed E-state index contributed by atoms with van der Waals surface area (Å²) in [5.74, 6) is -0.819. The third-order valence-corrected chi connectivity index (χ3v) is 3.12. The van der Waals surface area contributed by atoms with Gasteiger partial charge in [-0.1, -0.05) is 17.7 Å². The average molecular weight is 342 g/mol. The number of aryl methyl sites for hydroxylation is 1. The Morgan fingerprint density at radius 3 is 2.50 bits per heavy atom. The summed E-state index contributed by atoms with van der Waals surface area (Å²) in [7, 11) is 0. The smallest absolute Gasteiger partial charge is 0.191 e. The standard InChI is InChI=1S/C17H17N3O3S/c1-12-2-6-14(7-3-12)19-17(24)20-18-10-13-4-8-15(9-5-13)23-11-16(21)22/h2-10H,11H2,1H3,(H,21,22)(H2,19,20,24)/p-1/b18-10-. The molecule has 0 aliphatic rings. The first-order valence-corrected chi connectivity index (χ1v) is 7.53. The highest BCUT2D eigenvalue weighted by Gasteiger charge is 1.96. The van der Waals surface area contributed by atoms with E-state index in [4.69, 9.17) is 17.0 Å². The Bertz CT molecular complexity index is 728. The highest BCUT2D eigenvalue weighted by Crippen LogP contribution is 2.11. The van der Waals surface area contributed by atoms with Crippen LogP contribution in [0.25, 0.3) is 0 Å². The third-order valence-electron chi connectivity index (χ3n) is 2.93. The molecule has 0 aliphatic carbocycles. The molecule has 0 radical (unpaired) electrons. The molecular weight excluding hydrogens is 326 g/mol. The second kappa shape index (κ2) is 8.64. The number of carboxylic acid groups (broad SMARTS) is 1. The van der Waals surface area contributed by atoms with Crippen LogP contribution in [0.2, 0.25) is 0 Å². The van der Waals surface area contributed by atoms with Crippen molar-refractivity contribution in [2.24, 2.45) is 5.10 Å². The van der Waals surface area contributed by atoms with Crippen molar-refractivity contribution in [3.8, 4) is 5.75 Å². The van der Waals surface area contributed by atoms with E-state index in [0.29, 0.717) is 10.9 Å². The zero-order valence-electron chi connectivity index (χ0n) is 13.0. The highest BCUT2D eigenvalue weighted by atomic mass is 32.1. The van der Waals surface area contributed by atoms with Gasteiger partial charge < -0.3 is 20.0 Å². The molecule has 7 heteroatoms. The number of ether oxygens (including phenoxy) is 1. The summed E-state index contributed by atoms with van der Waals surface area (Å²) in [6.07, 6.45) is 1.59. The van der Waals surface area contributed by atoms with Crippen LogP contribution in [-0.2, 0) is 4.79 Å². The molecule has 2 rings (SSSR count). The van der Waals surface area contributed by atoms with Gasteiger partial charge in [0.1, 0.15) is 12.4 Å². The number of anilines is 1. The lowest BCUT2D eigenvalue weighted by molar-refractivity contribution is -0.307. The molecule has 0 fully saturated rings. The Balaban J connectivity index is 1.81. The van der Waals surface area contributed by atoms with Gasteiger partial charge in [-0.25, -0.2) is 0 Å². The van der Waals surface area contributed by atoms with E-state index in [-0.39, 0.29) is 0 Å². The molecule has 0 atom stereocenters. The van der Waals surface area contributed by atoms with Crippen LogP contribution in [0.15, 0.2) is 53.6 Å². The van der Waals surface area contributed by atoms with E-state index in [1.807, 2.05) is 31.2 Å². The van der Waals surface area contributed by atoms with Gasteiger partial charge in [-0.3, -0.25) is 5.43 Å². The van der Waals surface area contributed by atoms with Crippen molar-refractivity contribution in [1.29, 1.82) is 0 Å². The van der Waals surface area contributed by atoms with Gasteiger partial charge in [0.25, 0.3) is 0 Å². The average Bonchev–Trinajstić information content (AvgIpc) is 2.56. The van der Waals surface area contributed by atoms with E-state index < -0.39 is 12.6 Å². The van der Waals surface area contributed by atoms with E-state index in [0.717, 1.165) is 11.3 Å². The molecule has 2 aromatic carbocycles. The Kier molecular flexibility index (Phi) is 6.27. The maximum Gasteiger partial charge on any atom is 0.191 e. The normalized spacial score (nSPS) is 10.4. The Morgan fingerprint density at radius 2 is 1.88 bits per heavy atom. The zero-order chi connectivity index (χ0) is 17.4. The second-order valence-electron chi connectivity index (χ2n) is 4.92. The number of thiocarbonyl (C=S) groups is 1. The number of hydrogen-bond donors (Lipinski definition) is 2. The molecule has 124 valence electrons. The summed E-state index contributed by atoms with van der Waals surface area (Å²) in [6, 6.07) is 14.6. The van der Waals surface area contributed by atoms with Crippen molar-refractivity contribution in [1.82, 2.24) is 5.43 Å². The Morgan fingerprint density at radius 1 is 1.21 bits per heavy atom. The van der Waals surface area contributed by atoms with Crippen LogP contribution in [0.1, 0.15) is 11.1 Å². The molecule has 0 unspecified atom stereocenters. The number of hydrogen-bond acceptors (Lipinski definition) is 5. The number of carbonyl (C=O) groups excluding carboxylic acids is 1. The minimum Gasteiger partial charge on any atom is -0.546 e. The molecule has 0 aliphatic heterocycles. The molecule has 0 aromatic heterocycles.